The van der Waals surface area contributed by atoms with Gasteiger partial charge in [0.25, 0.3) is 0 Å². The second-order valence-electron chi connectivity index (χ2n) is 5.74. The van der Waals surface area contributed by atoms with Crippen LogP contribution in [0.3, 0.4) is 0 Å². The molecule has 0 radical (unpaired) electrons. The fraction of sp³-hybridized carbons (Fsp3) is 0.100. The van der Waals surface area contributed by atoms with E-state index in [4.69, 9.17) is 0 Å². The quantitative estimate of drug-likeness (QED) is 0.355. The maximum absolute atomic E-state index is 11.7. The van der Waals surface area contributed by atoms with E-state index in [1.165, 1.54) is 6.33 Å². The van der Waals surface area contributed by atoms with Gasteiger partial charge in [0, 0.05) is 6.54 Å². The molecule has 0 aliphatic heterocycles. The topological polar surface area (TPSA) is 93.0 Å². The average molecular weight is 361 g/mol. The summed E-state index contributed by atoms with van der Waals surface area (Å²) in [6.07, 6.45) is 2.91. The summed E-state index contributed by atoms with van der Waals surface area (Å²) in [5.41, 5.74) is 1.74. The first-order valence-electron chi connectivity index (χ1n) is 8.41. The van der Waals surface area contributed by atoms with Crippen LogP contribution in [0.2, 0.25) is 0 Å². The molecule has 7 nitrogen and oxygen atoms in total. The summed E-state index contributed by atoms with van der Waals surface area (Å²) in [4.78, 5) is 19.3. The van der Waals surface area contributed by atoms with Gasteiger partial charge in [0.15, 0.2) is 0 Å². The molecule has 7 heteroatoms. The van der Waals surface area contributed by atoms with Crippen molar-refractivity contribution in [3.05, 3.63) is 101 Å². The lowest BCUT2D eigenvalue weighted by molar-refractivity contribution is -0.383. The minimum Gasteiger partial charge on any atom is -0.361 e. The standard InChI is InChI=1S/C20H19N5O2/c1-2-13-21-19-18(25(26)27)20(23-14-22-19)24-17(15-9-5-3-6-10-15)16-11-7-4-8-12-16/h2-12,14,17H,1,13H2,(H2,21,22,23,24). The Kier molecular flexibility index (Phi) is 5.73. The van der Waals surface area contributed by atoms with Crippen molar-refractivity contribution in [3.63, 3.8) is 0 Å². The van der Waals surface area contributed by atoms with Gasteiger partial charge in [0.2, 0.25) is 11.6 Å². The average Bonchev–Trinajstić information content (AvgIpc) is 2.71. The van der Waals surface area contributed by atoms with E-state index in [1.54, 1.807) is 6.08 Å². The Hall–Kier alpha value is -3.74. The zero-order valence-electron chi connectivity index (χ0n) is 14.6. The number of nitrogens with zero attached hydrogens (tertiary/aromatic N) is 3. The Labute approximate surface area is 157 Å². The van der Waals surface area contributed by atoms with E-state index in [0.29, 0.717) is 6.54 Å². The first kappa shape index (κ1) is 18.1. The molecule has 27 heavy (non-hydrogen) atoms. The van der Waals surface area contributed by atoms with Gasteiger partial charge in [-0.3, -0.25) is 10.1 Å². The molecule has 0 saturated carbocycles. The Morgan fingerprint density at radius 2 is 1.56 bits per heavy atom. The molecule has 136 valence electrons. The summed E-state index contributed by atoms with van der Waals surface area (Å²) in [6, 6.07) is 19.1. The fourth-order valence-corrected chi connectivity index (χ4v) is 2.74. The lowest BCUT2D eigenvalue weighted by Gasteiger charge is -2.20. The first-order chi connectivity index (χ1) is 13.2. The van der Waals surface area contributed by atoms with Crippen LogP contribution < -0.4 is 10.6 Å². The van der Waals surface area contributed by atoms with Crippen molar-refractivity contribution in [2.45, 2.75) is 6.04 Å². The highest BCUT2D eigenvalue weighted by atomic mass is 16.6. The van der Waals surface area contributed by atoms with Gasteiger partial charge in [0.1, 0.15) is 6.33 Å². The van der Waals surface area contributed by atoms with Gasteiger partial charge in [-0.25, -0.2) is 9.97 Å². The number of hydrogen-bond donors (Lipinski definition) is 2. The van der Waals surface area contributed by atoms with Crippen LogP contribution in [0, 0.1) is 10.1 Å². The summed E-state index contributed by atoms with van der Waals surface area (Å²) < 4.78 is 0. The zero-order chi connectivity index (χ0) is 19.1. The molecule has 0 aliphatic carbocycles. The SMILES string of the molecule is C=CCNc1ncnc(NC(c2ccccc2)c2ccccc2)c1[N+](=O)[O-]. The third kappa shape index (κ3) is 4.27. The van der Waals surface area contributed by atoms with E-state index < -0.39 is 4.92 Å². The van der Waals surface area contributed by atoms with Crippen molar-refractivity contribution in [1.29, 1.82) is 0 Å². The smallest absolute Gasteiger partial charge is 0.353 e. The van der Waals surface area contributed by atoms with E-state index in [0.717, 1.165) is 11.1 Å². The van der Waals surface area contributed by atoms with Crippen molar-refractivity contribution in [3.8, 4) is 0 Å². The molecular formula is C20H19N5O2. The maximum Gasteiger partial charge on any atom is 0.353 e. The Bertz CT molecular complexity index is 877. The van der Waals surface area contributed by atoms with Crippen LogP contribution in [0.25, 0.3) is 0 Å². The molecule has 2 aromatic carbocycles. The van der Waals surface area contributed by atoms with Crippen LogP contribution in [-0.2, 0) is 0 Å². The summed E-state index contributed by atoms with van der Waals surface area (Å²) in [7, 11) is 0. The van der Waals surface area contributed by atoms with E-state index in [-0.39, 0.29) is 23.4 Å². The van der Waals surface area contributed by atoms with Gasteiger partial charge < -0.3 is 10.6 Å². The van der Waals surface area contributed by atoms with Gasteiger partial charge in [-0.05, 0) is 11.1 Å². The van der Waals surface area contributed by atoms with Crippen LogP contribution in [0.1, 0.15) is 17.2 Å². The number of nitro groups is 1. The number of aromatic nitrogens is 2. The normalized spacial score (nSPS) is 10.4. The molecule has 1 aromatic heterocycles. The predicted molar refractivity (Wildman–Crippen MR) is 106 cm³/mol. The molecule has 0 atom stereocenters. The fourth-order valence-electron chi connectivity index (χ4n) is 2.74. The number of anilines is 2. The van der Waals surface area contributed by atoms with Crippen LogP contribution in [0.5, 0.6) is 0 Å². The van der Waals surface area contributed by atoms with Crippen LogP contribution >= 0.6 is 0 Å². The number of nitrogens with one attached hydrogen (secondary N) is 2. The molecule has 0 aliphatic rings. The van der Waals surface area contributed by atoms with E-state index in [9.17, 15) is 10.1 Å². The summed E-state index contributed by atoms with van der Waals surface area (Å²) in [5.74, 6) is 0.302. The highest BCUT2D eigenvalue weighted by Gasteiger charge is 2.25. The van der Waals surface area contributed by atoms with Crippen molar-refractivity contribution >= 4 is 17.3 Å². The lowest BCUT2D eigenvalue weighted by Crippen LogP contribution is -2.16. The molecule has 0 spiro atoms. The summed E-state index contributed by atoms with van der Waals surface area (Å²) in [5, 5.41) is 17.8. The highest BCUT2D eigenvalue weighted by Crippen LogP contribution is 2.33. The number of benzene rings is 2. The predicted octanol–water partition coefficient (Wildman–Crippen LogP) is 4.18. The largest absolute Gasteiger partial charge is 0.361 e. The monoisotopic (exact) mass is 361 g/mol. The van der Waals surface area contributed by atoms with Gasteiger partial charge in [-0.2, -0.15) is 0 Å². The van der Waals surface area contributed by atoms with Crippen LogP contribution in [0.4, 0.5) is 17.3 Å². The zero-order valence-corrected chi connectivity index (χ0v) is 14.6. The van der Waals surface area contributed by atoms with Crippen molar-refractivity contribution in [1.82, 2.24) is 9.97 Å². The second-order valence-corrected chi connectivity index (χ2v) is 5.74. The molecule has 2 N–H and O–H groups in total. The van der Waals surface area contributed by atoms with Crippen LogP contribution in [-0.4, -0.2) is 21.4 Å². The lowest BCUT2D eigenvalue weighted by atomic mass is 9.99. The molecule has 0 amide bonds. The molecule has 3 aromatic rings. The van der Waals surface area contributed by atoms with Crippen LogP contribution in [0.15, 0.2) is 79.6 Å². The first-order valence-corrected chi connectivity index (χ1v) is 8.41. The minimum atomic E-state index is -0.485. The summed E-state index contributed by atoms with van der Waals surface area (Å²) in [6.45, 7) is 3.97. The number of hydrogen-bond acceptors (Lipinski definition) is 6. The third-order valence-corrected chi connectivity index (χ3v) is 3.97. The maximum atomic E-state index is 11.7. The molecule has 0 fully saturated rings. The summed E-state index contributed by atoms with van der Waals surface area (Å²) >= 11 is 0. The minimum absolute atomic E-state index is 0.150. The van der Waals surface area contributed by atoms with Gasteiger partial charge in [-0.15, -0.1) is 6.58 Å². The Morgan fingerprint density at radius 1 is 1.00 bits per heavy atom. The second kappa shape index (κ2) is 8.57. The highest BCUT2D eigenvalue weighted by molar-refractivity contribution is 5.70. The van der Waals surface area contributed by atoms with Crippen molar-refractivity contribution < 1.29 is 4.92 Å². The molecule has 0 unspecified atom stereocenters. The van der Waals surface area contributed by atoms with E-state index in [1.807, 2.05) is 60.7 Å². The number of rotatable bonds is 8. The van der Waals surface area contributed by atoms with Crippen molar-refractivity contribution in [2.24, 2.45) is 0 Å². The molecule has 0 saturated heterocycles. The van der Waals surface area contributed by atoms with Gasteiger partial charge in [-0.1, -0.05) is 66.7 Å². The van der Waals surface area contributed by atoms with E-state index in [2.05, 4.69) is 27.2 Å². The third-order valence-electron chi connectivity index (χ3n) is 3.97. The van der Waals surface area contributed by atoms with Crippen molar-refractivity contribution in [2.75, 3.05) is 17.2 Å². The molecule has 0 bridgehead atoms. The Balaban J connectivity index is 2.04. The molecule has 3 rings (SSSR count). The molecular weight excluding hydrogens is 342 g/mol. The van der Waals surface area contributed by atoms with Gasteiger partial charge in [0.05, 0.1) is 11.0 Å². The Morgan fingerprint density at radius 3 is 2.07 bits per heavy atom. The van der Waals surface area contributed by atoms with Gasteiger partial charge >= 0.3 is 5.69 Å². The van der Waals surface area contributed by atoms with E-state index >= 15 is 0 Å². The molecule has 1 heterocycles.